The van der Waals surface area contributed by atoms with E-state index < -0.39 is 0 Å². The van der Waals surface area contributed by atoms with Crippen molar-refractivity contribution in [2.75, 3.05) is 32.6 Å². The number of methoxy groups -OCH3 is 2. The molecular formula is C21H24N2O4. The molecule has 1 fully saturated rings. The summed E-state index contributed by atoms with van der Waals surface area (Å²) in [7, 11) is 3.16. The van der Waals surface area contributed by atoms with Gasteiger partial charge < -0.3 is 19.7 Å². The number of amides is 2. The number of nitrogens with one attached hydrogen (secondary N) is 1. The zero-order valence-corrected chi connectivity index (χ0v) is 15.6. The van der Waals surface area contributed by atoms with Gasteiger partial charge in [0, 0.05) is 24.6 Å². The van der Waals surface area contributed by atoms with Gasteiger partial charge in [0.25, 0.3) is 5.91 Å². The molecule has 0 saturated carbocycles. The standard InChI is InChI=1S/C21H24N2O4/c1-26-17-7-5-6-16(14-17)21(25)23-12-10-15(11-13-23)20(24)22-18-8-3-4-9-19(18)27-2/h3-9,14-15H,10-13H2,1-2H3,(H,22,24). The molecule has 2 amide bonds. The number of likely N-dealkylation sites (tertiary alicyclic amines) is 1. The van der Waals surface area contributed by atoms with E-state index in [0.29, 0.717) is 48.7 Å². The molecule has 1 saturated heterocycles. The summed E-state index contributed by atoms with van der Waals surface area (Å²) in [6.07, 6.45) is 1.27. The van der Waals surface area contributed by atoms with Crippen molar-refractivity contribution < 1.29 is 19.1 Å². The predicted octanol–water partition coefficient (Wildman–Crippen LogP) is 3.19. The van der Waals surface area contributed by atoms with Gasteiger partial charge in [-0.25, -0.2) is 0 Å². The van der Waals surface area contributed by atoms with Crippen molar-refractivity contribution in [3.8, 4) is 11.5 Å². The second kappa shape index (κ2) is 8.58. The van der Waals surface area contributed by atoms with Gasteiger partial charge in [-0.2, -0.15) is 0 Å². The molecule has 1 N–H and O–H groups in total. The summed E-state index contributed by atoms with van der Waals surface area (Å²) < 4.78 is 10.5. The Morgan fingerprint density at radius 1 is 1.00 bits per heavy atom. The van der Waals surface area contributed by atoms with E-state index in [2.05, 4.69) is 5.32 Å². The van der Waals surface area contributed by atoms with Gasteiger partial charge in [-0.15, -0.1) is 0 Å². The van der Waals surface area contributed by atoms with Gasteiger partial charge in [0.2, 0.25) is 5.91 Å². The molecule has 0 aromatic heterocycles. The van der Waals surface area contributed by atoms with Crippen LogP contribution < -0.4 is 14.8 Å². The molecule has 1 heterocycles. The maximum absolute atomic E-state index is 12.7. The van der Waals surface area contributed by atoms with Gasteiger partial charge >= 0.3 is 0 Å². The normalized spacial score (nSPS) is 14.5. The number of benzene rings is 2. The quantitative estimate of drug-likeness (QED) is 0.880. The molecule has 2 aromatic carbocycles. The van der Waals surface area contributed by atoms with E-state index in [1.807, 2.05) is 30.3 Å². The first-order valence-corrected chi connectivity index (χ1v) is 8.99. The highest BCUT2D eigenvalue weighted by atomic mass is 16.5. The minimum absolute atomic E-state index is 0.0301. The SMILES string of the molecule is COc1cccc(C(=O)N2CCC(C(=O)Nc3ccccc3OC)CC2)c1. The third-order valence-electron chi connectivity index (χ3n) is 4.83. The van der Waals surface area contributed by atoms with Crippen molar-refractivity contribution in [2.45, 2.75) is 12.8 Å². The van der Waals surface area contributed by atoms with Crippen LogP contribution in [0.3, 0.4) is 0 Å². The van der Waals surface area contributed by atoms with Gasteiger partial charge in [0.1, 0.15) is 11.5 Å². The van der Waals surface area contributed by atoms with E-state index in [0.717, 1.165) is 0 Å². The summed E-state index contributed by atoms with van der Waals surface area (Å²) in [5.41, 5.74) is 1.27. The molecular weight excluding hydrogens is 344 g/mol. The first-order valence-electron chi connectivity index (χ1n) is 8.99. The maximum atomic E-state index is 12.7. The van der Waals surface area contributed by atoms with E-state index in [9.17, 15) is 9.59 Å². The molecule has 0 atom stereocenters. The lowest BCUT2D eigenvalue weighted by Gasteiger charge is -2.31. The average molecular weight is 368 g/mol. The number of anilines is 1. The fourth-order valence-electron chi connectivity index (χ4n) is 3.27. The first kappa shape index (κ1) is 18.8. The highest BCUT2D eigenvalue weighted by molar-refractivity contribution is 5.96. The topological polar surface area (TPSA) is 67.9 Å². The Morgan fingerprint density at radius 3 is 2.44 bits per heavy atom. The Labute approximate surface area is 159 Å². The molecule has 2 aromatic rings. The molecule has 0 radical (unpaired) electrons. The third kappa shape index (κ3) is 4.39. The Hall–Kier alpha value is -3.02. The van der Waals surface area contributed by atoms with Gasteiger partial charge in [-0.1, -0.05) is 18.2 Å². The molecule has 27 heavy (non-hydrogen) atoms. The molecule has 0 bridgehead atoms. The van der Waals surface area contributed by atoms with E-state index in [-0.39, 0.29) is 17.7 Å². The van der Waals surface area contributed by atoms with Crippen LogP contribution in [0.25, 0.3) is 0 Å². The van der Waals surface area contributed by atoms with Crippen LogP contribution in [0.15, 0.2) is 48.5 Å². The Bertz CT molecular complexity index is 813. The first-order chi connectivity index (χ1) is 13.1. The van der Waals surface area contributed by atoms with E-state index in [4.69, 9.17) is 9.47 Å². The van der Waals surface area contributed by atoms with Crippen molar-refractivity contribution >= 4 is 17.5 Å². The lowest BCUT2D eigenvalue weighted by molar-refractivity contribution is -0.121. The lowest BCUT2D eigenvalue weighted by atomic mass is 9.95. The van der Waals surface area contributed by atoms with E-state index >= 15 is 0 Å². The van der Waals surface area contributed by atoms with Crippen molar-refractivity contribution in [1.29, 1.82) is 0 Å². The number of rotatable bonds is 5. The second-order valence-corrected chi connectivity index (χ2v) is 6.49. The van der Waals surface area contributed by atoms with Crippen molar-refractivity contribution in [1.82, 2.24) is 4.90 Å². The molecule has 0 aliphatic carbocycles. The van der Waals surface area contributed by atoms with Gasteiger partial charge in [-0.05, 0) is 43.2 Å². The molecule has 0 spiro atoms. The fraction of sp³-hybridized carbons (Fsp3) is 0.333. The molecule has 1 aliphatic rings. The summed E-state index contributed by atoms with van der Waals surface area (Å²) in [4.78, 5) is 27.0. The highest BCUT2D eigenvalue weighted by Crippen LogP contribution is 2.26. The fourth-order valence-corrected chi connectivity index (χ4v) is 3.27. The number of hydrogen-bond acceptors (Lipinski definition) is 4. The minimum Gasteiger partial charge on any atom is -0.497 e. The number of ether oxygens (including phenoxy) is 2. The predicted molar refractivity (Wildman–Crippen MR) is 103 cm³/mol. The Balaban J connectivity index is 1.58. The largest absolute Gasteiger partial charge is 0.497 e. The van der Waals surface area contributed by atoms with Crippen LogP contribution in [0.1, 0.15) is 23.2 Å². The number of carbonyl (C=O) groups excluding carboxylic acids is 2. The molecule has 142 valence electrons. The number of para-hydroxylation sites is 2. The van der Waals surface area contributed by atoms with Crippen LogP contribution in [0, 0.1) is 5.92 Å². The summed E-state index contributed by atoms with van der Waals surface area (Å²) in [5, 5.41) is 2.94. The van der Waals surface area contributed by atoms with Gasteiger partial charge in [0.15, 0.2) is 0 Å². The van der Waals surface area contributed by atoms with Crippen LogP contribution in [-0.4, -0.2) is 44.0 Å². The molecule has 1 aliphatic heterocycles. The van der Waals surface area contributed by atoms with Gasteiger partial charge in [-0.3, -0.25) is 9.59 Å². The summed E-state index contributed by atoms with van der Waals surface area (Å²) in [6.45, 7) is 1.11. The van der Waals surface area contributed by atoms with Crippen molar-refractivity contribution in [2.24, 2.45) is 5.92 Å². The van der Waals surface area contributed by atoms with Crippen molar-refractivity contribution in [3.63, 3.8) is 0 Å². The monoisotopic (exact) mass is 368 g/mol. The molecule has 0 unspecified atom stereocenters. The van der Waals surface area contributed by atoms with Gasteiger partial charge in [0.05, 0.1) is 19.9 Å². The van der Waals surface area contributed by atoms with Crippen LogP contribution in [0.2, 0.25) is 0 Å². The lowest BCUT2D eigenvalue weighted by Crippen LogP contribution is -2.41. The van der Waals surface area contributed by atoms with E-state index in [1.165, 1.54) is 0 Å². The third-order valence-corrected chi connectivity index (χ3v) is 4.83. The summed E-state index contributed by atoms with van der Waals surface area (Å²) in [6, 6.07) is 14.5. The Kier molecular flexibility index (Phi) is 5.96. The number of carbonyl (C=O) groups is 2. The van der Waals surface area contributed by atoms with E-state index in [1.54, 1.807) is 37.3 Å². The molecule has 6 nitrogen and oxygen atoms in total. The smallest absolute Gasteiger partial charge is 0.253 e. The zero-order chi connectivity index (χ0) is 19.2. The number of hydrogen-bond donors (Lipinski definition) is 1. The zero-order valence-electron chi connectivity index (χ0n) is 15.6. The van der Waals surface area contributed by atoms with Crippen molar-refractivity contribution in [3.05, 3.63) is 54.1 Å². The average Bonchev–Trinajstić information content (AvgIpc) is 2.73. The van der Waals surface area contributed by atoms with Crippen LogP contribution in [0.5, 0.6) is 11.5 Å². The maximum Gasteiger partial charge on any atom is 0.253 e. The molecule has 6 heteroatoms. The summed E-state index contributed by atoms with van der Waals surface area (Å²) >= 11 is 0. The molecule has 3 rings (SSSR count). The second-order valence-electron chi connectivity index (χ2n) is 6.49. The van der Waals surface area contributed by atoms with Crippen LogP contribution in [-0.2, 0) is 4.79 Å². The minimum atomic E-state index is -0.121. The Morgan fingerprint density at radius 2 is 1.74 bits per heavy atom. The van der Waals surface area contributed by atoms with Crippen LogP contribution in [0.4, 0.5) is 5.69 Å². The number of piperidine rings is 1. The van der Waals surface area contributed by atoms with Crippen LogP contribution >= 0.6 is 0 Å². The number of nitrogens with zero attached hydrogens (tertiary/aromatic N) is 1. The summed E-state index contributed by atoms with van der Waals surface area (Å²) in [5.74, 6) is 1.11. The highest BCUT2D eigenvalue weighted by Gasteiger charge is 2.28.